The molecule has 0 aliphatic carbocycles. The third-order valence-corrected chi connectivity index (χ3v) is 6.47. The summed E-state index contributed by atoms with van der Waals surface area (Å²) in [6, 6.07) is 5.44. The molecule has 1 rings (SSSR count). The SMILES string of the molecule is C=C(C)CN(CC)C(=O)COC(=O)CNC(=O)c1ccc(S(=O)(=O)N(CC)CC)cc1. The fourth-order valence-electron chi connectivity index (χ4n) is 2.73. The predicted octanol–water partition coefficient (Wildman–Crippen LogP) is 1.41. The Morgan fingerprint density at radius 1 is 1.03 bits per heavy atom. The Kier molecular flexibility index (Phi) is 10.4. The van der Waals surface area contributed by atoms with Gasteiger partial charge in [0.05, 0.1) is 4.90 Å². The van der Waals surface area contributed by atoms with Gasteiger partial charge in [-0.1, -0.05) is 26.0 Å². The van der Waals surface area contributed by atoms with Crippen molar-refractivity contribution in [2.45, 2.75) is 32.6 Å². The average molecular weight is 454 g/mol. The molecule has 0 atom stereocenters. The topological polar surface area (TPSA) is 113 Å². The molecule has 0 saturated carbocycles. The highest BCUT2D eigenvalue weighted by Crippen LogP contribution is 2.16. The Balaban J connectivity index is 2.60. The summed E-state index contributed by atoms with van der Waals surface area (Å²) in [6.07, 6.45) is 0. The average Bonchev–Trinajstić information content (AvgIpc) is 2.74. The van der Waals surface area contributed by atoms with E-state index in [1.54, 1.807) is 27.7 Å². The van der Waals surface area contributed by atoms with Gasteiger partial charge in [0.15, 0.2) is 6.61 Å². The molecule has 0 spiro atoms. The van der Waals surface area contributed by atoms with Gasteiger partial charge in [-0.3, -0.25) is 14.4 Å². The summed E-state index contributed by atoms with van der Waals surface area (Å²) in [5.41, 5.74) is 1.01. The molecule has 1 aromatic rings. The first-order valence-electron chi connectivity index (χ1n) is 10.0. The molecule has 1 aromatic carbocycles. The Morgan fingerprint density at radius 3 is 2.10 bits per heavy atom. The van der Waals surface area contributed by atoms with Crippen LogP contribution in [0.3, 0.4) is 0 Å². The highest BCUT2D eigenvalue weighted by molar-refractivity contribution is 7.89. The molecular formula is C21H31N3O6S. The lowest BCUT2D eigenvalue weighted by Crippen LogP contribution is -2.37. The van der Waals surface area contributed by atoms with Crippen LogP contribution in [0.15, 0.2) is 41.3 Å². The number of ether oxygens (including phenoxy) is 1. The van der Waals surface area contributed by atoms with E-state index in [0.29, 0.717) is 26.2 Å². The lowest BCUT2D eigenvalue weighted by molar-refractivity contribution is -0.150. The van der Waals surface area contributed by atoms with Gasteiger partial charge in [0, 0.05) is 31.7 Å². The van der Waals surface area contributed by atoms with Crippen LogP contribution in [0.2, 0.25) is 0 Å². The molecule has 0 radical (unpaired) electrons. The summed E-state index contributed by atoms with van der Waals surface area (Å²) in [5, 5.41) is 2.39. The molecule has 0 bridgehead atoms. The van der Waals surface area contributed by atoms with Gasteiger partial charge in [0.1, 0.15) is 6.54 Å². The van der Waals surface area contributed by atoms with Crippen molar-refractivity contribution < 1.29 is 27.5 Å². The number of benzene rings is 1. The fraction of sp³-hybridized carbons (Fsp3) is 0.476. The number of sulfonamides is 1. The third-order valence-electron chi connectivity index (χ3n) is 4.40. The van der Waals surface area contributed by atoms with Crippen molar-refractivity contribution in [2.75, 3.05) is 39.3 Å². The minimum Gasteiger partial charge on any atom is -0.454 e. The van der Waals surface area contributed by atoms with Gasteiger partial charge in [-0.15, -0.1) is 0 Å². The number of hydrogen-bond donors (Lipinski definition) is 1. The van der Waals surface area contributed by atoms with Gasteiger partial charge in [0.2, 0.25) is 10.0 Å². The molecule has 31 heavy (non-hydrogen) atoms. The molecule has 9 nitrogen and oxygen atoms in total. The number of hydrogen-bond acceptors (Lipinski definition) is 6. The second kappa shape index (κ2) is 12.2. The molecule has 0 heterocycles. The standard InChI is InChI=1S/C21H31N3O6S/c1-6-23(14-16(4)5)19(25)15-30-20(26)13-22-21(27)17-9-11-18(12-10-17)31(28,29)24(7-2)8-3/h9-12H,4,6-8,13-15H2,1-3,5H3,(H,22,27). The Bertz CT molecular complexity index is 892. The third kappa shape index (κ3) is 7.80. The van der Waals surface area contributed by atoms with Crippen molar-refractivity contribution in [3.8, 4) is 0 Å². The summed E-state index contributed by atoms with van der Waals surface area (Å²) >= 11 is 0. The van der Waals surface area contributed by atoms with Crippen LogP contribution >= 0.6 is 0 Å². The fourth-order valence-corrected chi connectivity index (χ4v) is 4.19. The molecule has 0 fully saturated rings. The van der Waals surface area contributed by atoms with Crippen LogP contribution in [0.25, 0.3) is 0 Å². The quantitative estimate of drug-likeness (QED) is 0.378. The second-order valence-electron chi connectivity index (χ2n) is 6.82. The zero-order valence-electron chi connectivity index (χ0n) is 18.5. The minimum atomic E-state index is -3.62. The van der Waals surface area contributed by atoms with Crippen LogP contribution < -0.4 is 5.32 Å². The van der Waals surface area contributed by atoms with Gasteiger partial charge < -0.3 is 15.0 Å². The molecule has 10 heteroatoms. The Morgan fingerprint density at radius 2 is 1.61 bits per heavy atom. The molecule has 1 N–H and O–H groups in total. The predicted molar refractivity (Wildman–Crippen MR) is 117 cm³/mol. The van der Waals surface area contributed by atoms with E-state index in [0.717, 1.165) is 5.57 Å². The molecule has 172 valence electrons. The summed E-state index contributed by atoms with van der Waals surface area (Å²) < 4.78 is 31.2. The van der Waals surface area contributed by atoms with Crippen molar-refractivity contribution >= 4 is 27.8 Å². The van der Waals surface area contributed by atoms with E-state index in [4.69, 9.17) is 4.74 Å². The number of carbonyl (C=O) groups excluding carboxylic acids is 3. The van der Waals surface area contributed by atoms with E-state index in [1.807, 2.05) is 0 Å². The van der Waals surface area contributed by atoms with Crippen molar-refractivity contribution in [1.82, 2.24) is 14.5 Å². The lowest BCUT2D eigenvalue weighted by atomic mass is 10.2. The molecular weight excluding hydrogens is 422 g/mol. The van der Waals surface area contributed by atoms with Crippen LogP contribution in [0, 0.1) is 0 Å². The molecule has 0 saturated heterocycles. The maximum absolute atomic E-state index is 12.5. The molecule has 0 aliphatic rings. The molecule has 0 aliphatic heterocycles. The largest absolute Gasteiger partial charge is 0.454 e. The first-order valence-corrected chi connectivity index (χ1v) is 11.5. The van der Waals surface area contributed by atoms with Gasteiger partial charge in [-0.05, 0) is 38.1 Å². The van der Waals surface area contributed by atoms with Gasteiger partial charge in [-0.25, -0.2) is 8.42 Å². The van der Waals surface area contributed by atoms with Gasteiger partial charge >= 0.3 is 5.97 Å². The first-order chi connectivity index (χ1) is 14.6. The maximum Gasteiger partial charge on any atom is 0.325 e. The van der Waals surface area contributed by atoms with Crippen LogP contribution in [0.1, 0.15) is 38.1 Å². The van der Waals surface area contributed by atoms with Crippen LogP contribution in [0.5, 0.6) is 0 Å². The van der Waals surface area contributed by atoms with Crippen LogP contribution in [-0.2, 0) is 24.3 Å². The second-order valence-corrected chi connectivity index (χ2v) is 8.76. The zero-order chi connectivity index (χ0) is 23.6. The lowest BCUT2D eigenvalue weighted by Gasteiger charge is -2.20. The number of nitrogens with one attached hydrogen (secondary N) is 1. The normalized spacial score (nSPS) is 11.1. The molecule has 0 aromatic heterocycles. The summed E-state index contributed by atoms with van der Waals surface area (Å²) in [6.45, 7) is 11.5. The Labute approximate surface area is 184 Å². The van der Waals surface area contributed by atoms with E-state index in [-0.39, 0.29) is 16.4 Å². The van der Waals surface area contributed by atoms with Gasteiger partial charge in [-0.2, -0.15) is 4.31 Å². The van der Waals surface area contributed by atoms with Crippen LogP contribution in [-0.4, -0.2) is 74.7 Å². The monoisotopic (exact) mass is 453 g/mol. The van der Waals surface area contributed by atoms with E-state index in [9.17, 15) is 22.8 Å². The van der Waals surface area contributed by atoms with Crippen molar-refractivity contribution in [3.05, 3.63) is 42.0 Å². The van der Waals surface area contributed by atoms with E-state index >= 15 is 0 Å². The summed E-state index contributed by atoms with van der Waals surface area (Å²) in [4.78, 5) is 37.7. The highest BCUT2D eigenvalue weighted by atomic mass is 32.2. The summed E-state index contributed by atoms with van der Waals surface area (Å²) in [7, 11) is -3.62. The summed E-state index contributed by atoms with van der Waals surface area (Å²) in [5.74, 6) is -1.67. The minimum absolute atomic E-state index is 0.0842. The van der Waals surface area contributed by atoms with E-state index in [2.05, 4.69) is 11.9 Å². The number of nitrogens with zero attached hydrogens (tertiary/aromatic N) is 2. The molecule has 0 unspecified atom stereocenters. The number of amides is 2. The highest BCUT2D eigenvalue weighted by Gasteiger charge is 2.22. The van der Waals surface area contributed by atoms with Crippen LogP contribution in [0.4, 0.5) is 0 Å². The van der Waals surface area contributed by atoms with Crippen molar-refractivity contribution in [2.24, 2.45) is 0 Å². The smallest absolute Gasteiger partial charge is 0.325 e. The molecule has 2 amide bonds. The number of carbonyl (C=O) groups is 3. The van der Waals surface area contributed by atoms with Crippen molar-refractivity contribution in [3.63, 3.8) is 0 Å². The number of likely N-dealkylation sites (N-methyl/N-ethyl adjacent to an activating group) is 1. The van der Waals surface area contributed by atoms with Crippen molar-refractivity contribution in [1.29, 1.82) is 0 Å². The number of esters is 1. The Hall–Kier alpha value is -2.72. The zero-order valence-corrected chi connectivity index (χ0v) is 19.3. The van der Waals surface area contributed by atoms with Gasteiger partial charge in [0.25, 0.3) is 11.8 Å². The van der Waals surface area contributed by atoms with E-state index < -0.39 is 35.1 Å². The first kappa shape index (κ1) is 26.3. The van der Waals surface area contributed by atoms with E-state index in [1.165, 1.54) is 33.5 Å². The number of rotatable bonds is 12. The maximum atomic E-state index is 12.5.